The van der Waals surface area contributed by atoms with Crippen LogP contribution in [0, 0.1) is 0 Å². The van der Waals surface area contributed by atoms with Crippen LogP contribution in [0.15, 0.2) is 48.7 Å². The summed E-state index contributed by atoms with van der Waals surface area (Å²) in [6.07, 6.45) is 1.50. The Morgan fingerprint density at radius 3 is 2.81 bits per heavy atom. The number of carbonyl (C=O) groups excluding carboxylic acids is 1. The average Bonchev–Trinajstić information content (AvgIpc) is 3.25. The number of aromatic nitrogens is 4. The standard InChI is InChI=1S/C17H11Cl2N5OS/c18-11-6-5-10(13(19)7-11)9-24-14-4-2-1-3-12(14)16(22-24)17(25)21-15-8-20-23-26-15/h1-8H,9H2,(H,21,25). The molecule has 1 N–H and O–H groups in total. The highest BCUT2D eigenvalue weighted by Crippen LogP contribution is 2.25. The lowest BCUT2D eigenvalue weighted by Crippen LogP contribution is -2.13. The van der Waals surface area contributed by atoms with Gasteiger partial charge in [0.1, 0.15) is 5.00 Å². The number of hydrogen-bond donors (Lipinski definition) is 1. The van der Waals surface area contributed by atoms with E-state index in [0.717, 1.165) is 28.0 Å². The molecule has 2 aromatic carbocycles. The van der Waals surface area contributed by atoms with E-state index in [1.807, 2.05) is 30.3 Å². The summed E-state index contributed by atoms with van der Waals surface area (Å²) in [5.74, 6) is -0.312. The molecule has 4 aromatic rings. The molecule has 0 aliphatic heterocycles. The van der Waals surface area contributed by atoms with Gasteiger partial charge in [-0.05, 0) is 23.8 Å². The van der Waals surface area contributed by atoms with Crippen molar-refractivity contribution in [3.05, 3.63) is 70.0 Å². The van der Waals surface area contributed by atoms with E-state index in [2.05, 4.69) is 20.0 Å². The largest absolute Gasteiger partial charge is 0.310 e. The maximum Gasteiger partial charge on any atom is 0.277 e. The van der Waals surface area contributed by atoms with E-state index in [1.165, 1.54) is 6.20 Å². The van der Waals surface area contributed by atoms with Gasteiger partial charge in [0.15, 0.2) is 5.69 Å². The Morgan fingerprint density at radius 1 is 1.19 bits per heavy atom. The first-order chi connectivity index (χ1) is 12.6. The molecule has 0 bridgehead atoms. The van der Waals surface area contributed by atoms with Gasteiger partial charge in [-0.15, -0.1) is 5.10 Å². The van der Waals surface area contributed by atoms with E-state index < -0.39 is 0 Å². The summed E-state index contributed by atoms with van der Waals surface area (Å²) in [5, 5.41) is 13.4. The van der Waals surface area contributed by atoms with Crippen molar-refractivity contribution in [2.45, 2.75) is 6.54 Å². The minimum Gasteiger partial charge on any atom is -0.310 e. The summed E-state index contributed by atoms with van der Waals surface area (Å²) in [7, 11) is 0. The highest BCUT2D eigenvalue weighted by molar-refractivity contribution is 7.10. The van der Waals surface area contributed by atoms with E-state index in [-0.39, 0.29) is 5.91 Å². The van der Waals surface area contributed by atoms with Gasteiger partial charge in [0, 0.05) is 27.0 Å². The third kappa shape index (κ3) is 3.29. The lowest BCUT2D eigenvalue weighted by atomic mass is 10.2. The van der Waals surface area contributed by atoms with Crippen LogP contribution in [0.2, 0.25) is 10.0 Å². The molecule has 2 aromatic heterocycles. The van der Waals surface area contributed by atoms with Gasteiger partial charge in [-0.25, -0.2) is 0 Å². The molecule has 2 heterocycles. The fourth-order valence-electron chi connectivity index (χ4n) is 2.62. The van der Waals surface area contributed by atoms with Crippen LogP contribution in [0.4, 0.5) is 5.00 Å². The fraction of sp³-hybridized carbons (Fsp3) is 0.0588. The number of fused-ring (bicyclic) bond motifs is 1. The molecule has 0 radical (unpaired) electrons. The second-order valence-corrected chi connectivity index (χ2v) is 7.12. The van der Waals surface area contributed by atoms with Gasteiger partial charge < -0.3 is 5.32 Å². The predicted molar refractivity (Wildman–Crippen MR) is 103 cm³/mol. The molecule has 9 heteroatoms. The number of para-hydroxylation sites is 1. The average molecular weight is 404 g/mol. The van der Waals surface area contributed by atoms with Crippen LogP contribution >= 0.6 is 34.7 Å². The number of benzene rings is 2. The van der Waals surface area contributed by atoms with Gasteiger partial charge in [-0.1, -0.05) is 52.0 Å². The number of nitrogens with one attached hydrogen (secondary N) is 1. The quantitative estimate of drug-likeness (QED) is 0.544. The third-order valence-electron chi connectivity index (χ3n) is 3.81. The van der Waals surface area contributed by atoms with Crippen molar-refractivity contribution in [1.82, 2.24) is 19.4 Å². The van der Waals surface area contributed by atoms with Crippen molar-refractivity contribution in [2.75, 3.05) is 5.32 Å². The van der Waals surface area contributed by atoms with Crippen molar-refractivity contribution in [3.8, 4) is 0 Å². The third-order valence-corrected chi connectivity index (χ3v) is 4.97. The molecule has 0 spiro atoms. The Kier molecular flexibility index (Phi) is 4.58. The highest BCUT2D eigenvalue weighted by Gasteiger charge is 2.18. The topological polar surface area (TPSA) is 72.7 Å². The number of nitrogens with zero attached hydrogens (tertiary/aromatic N) is 4. The predicted octanol–water partition coefficient (Wildman–Crippen LogP) is 4.50. The summed E-state index contributed by atoms with van der Waals surface area (Å²) in [4.78, 5) is 12.6. The molecule has 0 saturated carbocycles. The summed E-state index contributed by atoms with van der Waals surface area (Å²) in [5.41, 5.74) is 2.04. The van der Waals surface area contributed by atoms with Crippen LogP contribution in [0.25, 0.3) is 10.9 Å². The molecule has 0 unspecified atom stereocenters. The van der Waals surface area contributed by atoms with Gasteiger partial charge in [0.25, 0.3) is 5.91 Å². The lowest BCUT2D eigenvalue weighted by molar-refractivity contribution is 0.102. The van der Waals surface area contributed by atoms with Gasteiger partial charge in [-0.3, -0.25) is 9.48 Å². The molecule has 0 atom stereocenters. The van der Waals surface area contributed by atoms with Crippen molar-refractivity contribution in [3.63, 3.8) is 0 Å². The van der Waals surface area contributed by atoms with Crippen LogP contribution in [0.1, 0.15) is 16.1 Å². The Labute approximate surface area is 162 Å². The number of amides is 1. The first kappa shape index (κ1) is 17.0. The van der Waals surface area contributed by atoms with E-state index in [9.17, 15) is 4.79 Å². The summed E-state index contributed by atoms with van der Waals surface area (Å²) in [6, 6.07) is 12.9. The second kappa shape index (κ2) is 7.03. The SMILES string of the molecule is O=C(Nc1cnns1)c1nn(Cc2ccc(Cl)cc2Cl)c2ccccc12. The molecule has 1 amide bonds. The molecule has 0 fully saturated rings. The van der Waals surface area contributed by atoms with E-state index in [0.29, 0.717) is 27.3 Å². The Balaban J connectivity index is 1.73. The number of anilines is 1. The van der Waals surface area contributed by atoms with Crippen LogP contribution < -0.4 is 5.32 Å². The molecule has 130 valence electrons. The van der Waals surface area contributed by atoms with E-state index >= 15 is 0 Å². The zero-order valence-corrected chi connectivity index (χ0v) is 15.5. The van der Waals surface area contributed by atoms with E-state index in [4.69, 9.17) is 23.2 Å². The Hall–Kier alpha value is -2.48. The van der Waals surface area contributed by atoms with Gasteiger partial charge >= 0.3 is 0 Å². The number of hydrogen-bond acceptors (Lipinski definition) is 5. The van der Waals surface area contributed by atoms with Crippen LogP contribution in [0.3, 0.4) is 0 Å². The lowest BCUT2D eigenvalue weighted by Gasteiger charge is -2.06. The zero-order valence-electron chi connectivity index (χ0n) is 13.2. The number of carbonyl (C=O) groups is 1. The molecule has 0 aliphatic rings. The monoisotopic (exact) mass is 403 g/mol. The molecule has 26 heavy (non-hydrogen) atoms. The maximum absolute atomic E-state index is 12.6. The first-order valence-corrected chi connectivity index (χ1v) is 9.13. The summed E-state index contributed by atoms with van der Waals surface area (Å²) < 4.78 is 5.49. The Bertz CT molecular complexity index is 1090. The number of halogens is 2. The fourth-order valence-corrected chi connectivity index (χ4v) is 3.50. The second-order valence-electron chi connectivity index (χ2n) is 5.50. The molecule has 4 rings (SSSR count). The van der Waals surface area contributed by atoms with Gasteiger partial charge in [0.2, 0.25) is 0 Å². The minimum atomic E-state index is -0.312. The molecule has 0 saturated heterocycles. The van der Waals surface area contributed by atoms with Crippen LogP contribution in [0.5, 0.6) is 0 Å². The van der Waals surface area contributed by atoms with Crippen molar-refractivity contribution in [2.24, 2.45) is 0 Å². The first-order valence-electron chi connectivity index (χ1n) is 7.60. The summed E-state index contributed by atoms with van der Waals surface area (Å²) in [6.45, 7) is 0.423. The normalized spacial score (nSPS) is 11.0. The number of rotatable bonds is 4. The maximum atomic E-state index is 12.6. The molecule has 0 aliphatic carbocycles. The smallest absolute Gasteiger partial charge is 0.277 e. The molecule has 6 nitrogen and oxygen atoms in total. The van der Waals surface area contributed by atoms with E-state index in [1.54, 1.807) is 16.8 Å². The van der Waals surface area contributed by atoms with Crippen molar-refractivity contribution in [1.29, 1.82) is 0 Å². The zero-order chi connectivity index (χ0) is 18.1. The van der Waals surface area contributed by atoms with Crippen LogP contribution in [-0.2, 0) is 6.54 Å². The minimum absolute atomic E-state index is 0.312. The molecular weight excluding hydrogens is 393 g/mol. The van der Waals surface area contributed by atoms with Crippen molar-refractivity contribution < 1.29 is 4.79 Å². The highest BCUT2D eigenvalue weighted by atomic mass is 35.5. The van der Waals surface area contributed by atoms with Crippen molar-refractivity contribution >= 4 is 56.5 Å². The van der Waals surface area contributed by atoms with Gasteiger partial charge in [0.05, 0.1) is 18.3 Å². The van der Waals surface area contributed by atoms with Gasteiger partial charge in [-0.2, -0.15) is 5.10 Å². The molecular formula is C17H11Cl2N5OS. The Morgan fingerprint density at radius 2 is 2.04 bits per heavy atom. The van der Waals surface area contributed by atoms with Crippen LogP contribution in [-0.4, -0.2) is 25.3 Å². The summed E-state index contributed by atoms with van der Waals surface area (Å²) >= 11 is 13.3.